The summed E-state index contributed by atoms with van der Waals surface area (Å²) in [7, 11) is 0. The Balaban J connectivity index is 2.04. The molecule has 0 aliphatic carbocycles. The average molecular weight is 292 g/mol. The Kier molecular flexibility index (Phi) is 5.49. The highest BCUT2D eigenvalue weighted by Crippen LogP contribution is 2.22. The maximum Gasteiger partial charge on any atom is 0.320 e. The lowest BCUT2D eigenvalue weighted by Crippen LogP contribution is -2.31. The minimum Gasteiger partial charge on any atom is -0.465 e. The highest BCUT2D eigenvalue weighted by atomic mass is 32.1. The predicted molar refractivity (Wildman–Crippen MR) is 81.8 cm³/mol. The van der Waals surface area contributed by atoms with Gasteiger partial charge in [-0.1, -0.05) is 19.1 Å². The van der Waals surface area contributed by atoms with Crippen molar-refractivity contribution in [1.29, 1.82) is 0 Å². The first-order chi connectivity index (χ1) is 9.72. The van der Waals surface area contributed by atoms with Crippen LogP contribution in [0.1, 0.15) is 25.3 Å². The van der Waals surface area contributed by atoms with Crippen LogP contribution in [0.2, 0.25) is 0 Å². The van der Waals surface area contributed by atoms with Gasteiger partial charge in [-0.05, 0) is 32.0 Å². The summed E-state index contributed by atoms with van der Waals surface area (Å²) in [5.41, 5.74) is 1.03. The van der Waals surface area contributed by atoms with E-state index in [0.29, 0.717) is 19.7 Å². The molecule has 0 saturated heterocycles. The van der Waals surface area contributed by atoms with Gasteiger partial charge in [0.15, 0.2) is 0 Å². The molecule has 0 spiro atoms. The van der Waals surface area contributed by atoms with Crippen LogP contribution >= 0.6 is 11.3 Å². The van der Waals surface area contributed by atoms with E-state index in [1.807, 2.05) is 25.1 Å². The van der Waals surface area contributed by atoms with Crippen molar-refractivity contribution in [3.05, 3.63) is 29.3 Å². The van der Waals surface area contributed by atoms with Crippen molar-refractivity contribution >= 4 is 27.5 Å². The Morgan fingerprint density at radius 3 is 2.85 bits per heavy atom. The monoisotopic (exact) mass is 292 g/mol. The summed E-state index contributed by atoms with van der Waals surface area (Å²) in [6, 6.07) is 8.11. The van der Waals surface area contributed by atoms with Crippen LogP contribution in [0.5, 0.6) is 0 Å². The Morgan fingerprint density at radius 1 is 1.35 bits per heavy atom. The van der Waals surface area contributed by atoms with Crippen LogP contribution in [0.25, 0.3) is 10.2 Å². The van der Waals surface area contributed by atoms with Gasteiger partial charge in [-0.3, -0.25) is 9.69 Å². The fourth-order valence-corrected chi connectivity index (χ4v) is 3.11. The topological polar surface area (TPSA) is 42.4 Å². The van der Waals surface area contributed by atoms with Crippen LogP contribution < -0.4 is 0 Å². The van der Waals surface area contributed by atoms with E-state index in [1.165, 1.54) is 4.70 Å². The summed E-state index contributed by atoms with van der Waals surface area (Å²) in [4.78, 5) is 18.3. The molecule has 1 aromatic carbocycles. The Morgan fingerprint density at radius 2 is 2.15 bits per heavy atom. The Labute approximate surface area is 123 Å². The molecule has 20 heavy (non-hydrogen) atoms. The van der Waals surface area contributed by atoms with Gasteiger partial charge in [0.05, 0.1) is 29.9 Å². The smallest absolute Gasteiger partial charge is 0.320 e. The van der Waals surface area contributed by atoms with Crippen molar-refractivity contribution in [2.24, 2.45) is 0 Å². The van der Waals surface area contributed by atoms with Crippen molar-refractivity contribution in [3.63, 3.8) is 0 Å². The van der Waals surface area contributed by atoms with E-state index in [9.17, 15) is 4.79 Å². The van der Waals surface area contributed by atoms with E-state index in [-0.39, 0.29) is 5.97 Å². The van der Waals surface area contributed by atoms with Gasteiger partial charge < -0.3 is 4.74 Å². The molecule has 0 saturated carbocycles. The van der Waals surface area contributed by atoms with Crippen molar-refractivity contribution in [2.45, 2.75) is 26.8 Å². The highest BCUT2D eigenvalue weighted by Gasteiger charge is 2.13. The van der Waals surface area contributed by atoms with E-state index < -0.39 is 0 Å². The van der Waals surface area contributed by atoms with E-state index in [0.717, 1.165) is 23.5 Å². The molecule has 0 atom stereocenters. The van der Waals surface area contributed by atoms with Crippen LogP contribution in [0.15, 0.2) is 24.3 Å². The molecule has 0 aliphatic heterocycles. The van der Waals surface area contributed by atoms with Crippen molar-refractivity contribution in [1.82, 2.24) is 9.88 Å². The van der Waals surface area contributed by atoms with Gasteiger partial charge in [-0.2, -0.15) is 0 Å². The minimum atomic E-state index is -0.165. The molecule has 0 bridgehead atoms. The van der Waals surface area contributed by atoms with E-state index in [4.69, 9.17) is 4.74 Å². The summed E-state index contributed by atoms with van der Waals surface area (Å²) < 4.78 is 6.21. The molecule has 1 heterocycles. The molecule has 0 unspecified atom stereocenters. The predicted octanol–water partition coefficient (Wildman–Crippen LogP) is 3.07. The molecular weight excluding hydrogens is 272 g/mol. The lowest BCUT2D eigenvalue weighted by atomic mass is 10.3. The lowest BCUT2D eigenvalue weighted by molar-refractivity contribution is -0.144. The molecule has 5 heteroatoms. The fourth-order valence-electron chi connectivity index (χ4n) is 2.10. The van der Waals surface area contributed by atoms with Gasteiger partial charge in [0.2, 0.25) is 0 Å². The minimum absolute atomic E-state index is 0.165. The molecule has 2 rings (SSSR count). The van der Waals surface area contributed by atoms with Crippen LogP contribution in [-0.4, -0.2) is 35.5 Å². The number of rotatable bonds is 7. The normalized spacial score (nSPS) is 11.2. The van der Waals surface area contributed by atoms with Gasteiger partial charge >= 0.3 is 5.97 Å². The third-order valence-corrected chi connectivity index (χ3v) is 3.92. The molecule has 4 nitrogen and oxygen atoms in total. The first-order valence-electron chi connectivity index (χ1n) is 6.95. The zero-order valence-electron chi connectivity index (χ0n) is 12.0. The summed E-state index contributed by atoms with van der Waals surface area (Å²) >= 11 is 1.69. The highest BCUT2D eigenvalue weighted by molar-refractivity contribution is 7.18. The van der Waals surface area contributed by atoms with Crippen LogP contribution in [-0.2, 0) is 16.1 Å². The second kappa shape index (κ2) is 7.36. The maximum atomic E-state index is 11.6. The Bertz CT molecular complexity index is 535. The summed E-state index contributed by atoms with van der Waals surface area (Å²) in [5, 5.41) is 1.05. The van der Waals surface area contributed by atoms with Crippen molar-refractivity contribution < 1.29 is 9.53 Å². The quantitative estimate of drug-likeness (QED) is 0.736. The third kappa shape index (κ3) is 4.02. The fraction of sp³-hybridized carbons (Fsp3) is 0.467. The number of fused-ring (bicyclic) bond motifs is 1. The number of aromatic nitrogens is 1. The Hall–Kier alpha value is -1.46. The molecule has 0 N–H and O–H groups in total. The zero-order valence-corrected chi connectivity index (χ0v) is 12.8. The number of para-hydroxylation sites is 1. The molecule has 0 radical (unpaired) electrons. The van der Waals surface area contributed by atoms with Gasteiger partial charge in [0, 0.05) is 0 Å². The van der Waals surface area contributed by atoms with Gasteiger partial charge in [-0.15, -0.1) is 11.3 Å². The molecule has 0 aliphatic rings. The first-order valence-corrected chi connectivity index (χ1v) is 7.77. The second-order valence-corrected chi connectivity index (χ2v) is 5.71. The van der Waals surface area contributed by atoms with E-state index in [1.54, 1.807) is 11.3 Å². The average Bonchev–Trinajstić information content (AvgIpc) is 2.81. The van der Waals surface area contributed by atoms with Gasteiger partial charge in [-0.25, -0.2) is 4.98 Å². The number of hydrogen-bond donors (Lipinski definition) is 0. The molecule has 2 aromatic rings. The number of thiazole rings is 1. The standard InChI is InChI=1S/C15H20N2O2S/c1-3-9-17(11-15(18)19-4-2)10-14-16-12-7-5-6-8-13(12)20-14/h5-8H,3-4,9-11H2,1-2H3. The largest absolute Gasteiger partial charge is 0.465 e. The summed E-state index contributed by atoms with van der Waals surface area (Å²) in [6.07, 6.45) is 1.00. The number of carbonyl (C=O) groups excluding carboxylic acids is 1. The molecule has 108 valence electrons. The maximum absolute atomic E-state index is 11.6. The van der Waals surface area contributed by atoms with Gasteiger partial charge in [0.25, 0.3) is 0 Å². The number of esters is 1. The van der Waals surface area contributed by atoms with Gasteiger partial charge in [0.1, 0.15) is 5.01 Å². The molecule has 0 amide bonds. The number of hydrogen-bond acceptors (Lipinski definition) is 5. The number of nitrogens with zero attached hydrogens (tertiary/aromatic N) is 2. The molecule has 1 aromatic heterocycles. The molecular formula is C15H20N2O2S. The third-order valence-electron chi connectivity index (χ3n) is 2.89. The SMILES string of the molecule is CCCN(CC(=O)OCC)Cc1nc2ccccc2s1. The number of ether oxygens (including phenoxy) is 1. The summed E-state index contributed by atoms with van der Waals surface area (Å²) in [5.74, 6) is -0.165. The van der Waals surface area contributed by atoms with Crippen molar-refractivity contribution in [2.75, 3.05) is 19.7 Å². The van der Waals surface area contributed by atoms with E-state index >= 15 is 0 Å². The zero-order chi connectivity index (χ0) is 14.4. The van der Waals surface area contributed by atoms with E-state index in [2.05, 4.69) is 22.9 Å². The summed E-state index contributed by atoms with van der Waals surface area (Å²) in [6.45, 7) is 6.27. The van der Waals surface area contributed by atoms with Crippen LogP contribution in [0.4, 0.5) is 0 Å². The first kappa shape index (κ1) is 14.9. The lowest BCUT2D eigenvalue weighted by Gasteiger charge is -2.18. The second-order valence-electron chi connectivity index (χ2n) is 4.59. The molecule has 0 fully saturated rings. The number of carbonyl (C=O) groups is 1. The number of benzene rings is 1. The van der Waals surface area contributed by atoms with Crippen LogP contribution in [0.3, 0.4) is 0 Å². The van der Waals surface area contributed by atoms with Crippen LogP contribution in [0, 0.1) is 0 Å². The van der Waals surface area contributed by atoms with Crippen molar-refractivity contribution in [3.8, 4) is 0 Å².